The van der Waals surface area contributed by atoms with E-state index >= 15 is 0 Å². The van der Waals surface area contributed by atoms with Gasteiger partial charge >= 0.3 is 0 Å². The quantitative estimate of drug-likeness (QED) is 0.601. The Bertz CT molecular complexity index is 877. The molecule has 0 radical (unpaired) electrons. The highest BCUT2D eigenvalue weighted by atomic mass is 32.1. The Hall–Kier alpha value is -1.61. The van der Waals surface area contributed by atoms with Crippen molar-refractivity contribution in [3.05, 3.63) is 39.6 Å². The third-order valence-corrected chi connectivity index (χ3v) is 7.50. The zero-order valence-electron chi connectivity index (χ0n) is 20.7. The largest absolute Gasteiger partial charge is 0.394 e. The van der Waals surface area contributed by atoms with Gasteiger partial charge in [-0.2, -0.15) is 0 Å². The lowest BCUT2D eigenvalue weighted by molar-refractivity contribution is -0.0963. The molecule has 4 heterocycles. The van der Waals surface area contributed by atoms with Crippen molar-refractivity contribution in [1.82, 2.24) is 14.9 Å². The summed E-state index contributed by atoms with van der Waals surface area (Å²) in [5.41, 5.74) is 1.54. The molecule has 1 atom stereocenters. The van der Waals surface area contributed by atoms with E-state index in [0.29, 0.717) is 13.0 Å². The number of thiophene rings is 1. The maximum atomic E-state index is 13.5. The van der Waals surface area contributed by atoms with E-state index < -0.39 is 11.7 Å². The van der Waals surface area contributed by atoms with Crippen molar-refractivity contribution in [2.45, 2.75) is 84.2 Å². The van der Waals surface area contributed by atoms with Crippen LogP contribution in [-0.4, -0.2) is 58.0 Å². The highest BCUT2D eigenvalue weighted by Crippen LogP contribution is 2.45. The van der Waals surface area contributed by atoms with Crippen LogP contribution in [0.25, 0.3) is 0 Å². The van der Waals surface area contributed by atoms with Crippen molar-refractivity contribution >= 4 is 17.0 Å². The average Bonchev–Trinajstić information content (AvgIpc) is 3.21. The van der Waals surface area contributed by atoms with Gasteiger partial charge in [-0.3, -0.25) is 4.90 Å². The number of rotatable bonds is 7. The van der Waals surface area contributed by atoms with Crippen LogP contribution >= 0.6 is 11.3 Å². The molecule has 0 aromatic carbocycles. The number of aliphatic hydroxyl groups is 1. The van der Waals surface area contributed by atoms with Crippen LogP contribution in [0.2, 0.25) is 0 Å². The van der Waals surface area contributed by atoms with E-state index in [1.807, 2.05) is 27.7 Å². The van der Waals surface area contributed by atoms with Crippen molar-refractivity contribution < 1.29 is 14.2 Å². The van der Waals surface area contributed by atoms with Crippen LogP contribution < -0.4 is 5.32 Å². The average molecular weight is 479 g/mol. The van der Waals surface area contributed by atoms with Crippen molar-refractivity contribution in [2.24, 2.45) is 0 Å². The number of halogens is 1. The summed E-state index contributed by atoms with van der Waals surface area (Å²) < 4.78 is 19.9. The number of hydrogen-bond acceptors (Lipinski definition) is 7. The lowest BCUT2D eigenvalue weighted by Gasteiger charge is -2.43. The van der Waals surface area contributed by atoms with Crippen molar-refractivity contribution in [3.8, 4) is 0 Å². The number of anilines is 1. The van der Waals surface area contributed by atoms with Crippen molar-refractivity contribution in [2.75, 3.05) is 31.6 Å². The molecule has 33 heavy (non-hydrogen) atoms. The van der Waals surface area contributed by atoms with E-state index in [4.69, 9.17) is 4.74 Å². The fraction of sp³-hybridized carbons (Fsp3) is 0.680. The third kappa shape index (κ3) is 6.50. The van der Waals surface area contributed by atoms with Crippen LogP contribution in [0.4, 0.5) is 10.1 Å². The molecule has 0 aliphatic carbocycles. The highest BCUT2D eigenvalue weighted by Gasteiger charge is 2.42. The predicted molar refractivity (Wildman–Crippen MR) is 133 cm³/mol. The molecular weight excluding hydrogens is 439 g/mol. The molecule has 6 nitrogen and oxygen atoms in total. The first-order valence-electron chi connectivity index (χ1n) is 12.1. The molecule has 0 amide bonds. The van der Waals surface area contributed by atoms with E-state index in [1.165, 1.54) is 10.4 Å². The van der Waals surface area contributed by atoms with Crippen LogP contribution in [0.3, 0.4) is 0 Å². The molecular formula is C25H39FN4O2S. The van der Waals surface area contributed by atoms with Gasteiger partial charge in [0.25, 0.3) is 0 Å². The van der Waals surface area contributed by atoms with Crippen LogP contribution in [-0.2, 0) is 29.7 Å². The standard InChI is InChI=1S/C23H33FN4O2S.C2H6/c1-16(24)10-19-11-17-4-9-30-23(21(17)31-19)5-7-28(8-6-23)14-20-25-12-18(13-26-20)27-22(2,3)15-29;1-2/h11-13,16,27,29H,4-10,14-15H2,1-3H3;1-2H3. The normalized spacial score (nSPS) is 18.9. The number of aliphatic hydroxyl groups excluding tert-OH is 1. The van der Waals surface area contributed by atoms with Gasteiger partial charge in [-0.1, -0.05) is 13.8 Å². The molecule has 2 N–H and O–H groups in total. The molecule has 2 aliphatic heterocycles. The summed E-state index contributed by atoms with van der Waals surface area (Å²) >= 11 is 1.75. The van der Waals surface area contributed by atoms with Crippen LogP contribution in [0.15, 0.2) is 18.5 Å². The molecule has 8 heteroatoms. The fourth-order valence-electron chi connectivity index (χ4n) is 4.43. The Morgan fingerprint density at radius 3 is 2.55 bits per heavy atom. The van der Waals surface area contributed by atoms with Gasteiger partial charge in [0.2, 0.25) is 0 Å². The van der Waals surface area contributed by atoms with Gasteiger partial charge in [0.05, 0.1) is 43.4 Å². The fourth-order valence-corrected chi connectivity index (χ4v) is 5.95. The highest BCUT2D eigenvalue weighted by molar-refractivity contribution is 7.12. The van der Waals surface area contributed by atoms with Gasteiger partial charge in [-0.15, -0.1) is 11.3 Å². The number of nitrogens with zero attached hydrogens (tertiary/aromatic N) is 3. The number of aromatic nitrogens is 2. The molecule has 184 valence electrons. The maximum Gasteiger partial charge on any atom is 0.142 e. The molecule has 1 fully saturated rings. The van der Waals surface area contributed by atoms with Gasteiger partial charge in [0.15, 0.2) is 0 Å². The molecule has 0 saturated carbocycles. The number of alkyl halides is 1. The van der Waals surface area contributed by atoms with Crippen LogP contribution in [0, 0.1) is 0 Å². The molecule has 0 bridgehead atoms. The molecule has 2 aromatic rings. The minimum absolute atomic E-state index is 0.0343. The number of nitrogens with one attached hydrogen (secondary N) is 1. The molecule has 1 spiro atoms. The first-order valence-corrected chi connectivity index (χ1v) is 12.9. The minimum Gasteiger partial charge on any atom is -0.394 e. The first-order chi connectivity index (χ1) is 15.8. The summed E-state index contributed by atoms with van der Waals surface area (Å²) in [4.78, 5) is 13.8. The molecule has 2 aromatic heterocycles. The SMILES string of the molecule is CC.CC(F)Cc1cc2c(s1)C1(CCN(Cc3ncc(NC(C)(C)CO)cn3)CC1)OCC2. The second kappa shape index (κ2) is 11.2. The topological polar surface area (TPSA) is 70.5 Å². The Labute approximate surface area is 201 Å². The van der Waals surface area contributed by atoms with Gasteiger partial charge in [-0.25, -0.2) is 14.4 Å². The van der Waals surface area contributed by atoms with Gasteiger partial charge in [0, 0.05) is 29.3 Å². The Kier molecular flexibility index (Phi) is 8.83. The predicted octanol–water partition coefficient (Wildman–Crippen LogP) is 4.71. The number of hydrogen-bond donors (Lipinski definition) is 2. The molecule has 4 rings (SSSR count). The van der Waals surface area contributed by atoms with Gasteiger partial charge < -0.3 is 15.2 Å². The summed E-state index contributed by atoms with van der Waals surface area (Å²) in [5.74, 6) is 0.795. The lowest BCUT2D eigenvalue weighted by Crippen LogP contribution is -2.45. The smallest absolute Gasteiger partial charge is 0.142 e. The Morgan fingerprint density at radius 1 is 1.27 bits per heavy atom. The van der Waals surface area contributed by atoms with Gasteiger partial charge in [0.1, 0.15) is 17.6 Å². The summed E-state index contributed by atoms with van der Waals surface area (Å²) in [6, 6.07) is 2.20. The van der Waals surface area contributed by atoms with E-state index in [9.17, 15) is 9.50 Å². The minimum atomic E-state index is -0.810. The zero-order chi connectivity index (χ0) is 24.1. The first kappa shape index (κ1) is 26.0. The summed E-state index contributed by atoms with van der Waals surface area (Å²) in [6.07, 6.45) is 6.05. The monoisotopic (exact) mass is 478 g/mol. The number of fused-ring (bicyclic) bond motifs is 2. The van der Waals surface area contributed by atoms with E-state index in [-0.39, 0.29) is 12.2 Å². The number of piperidine rings is 1. The van der Waals surface area contributed by atoms with E-state index in [0.717, 1.165) is 55.3 Å². The Balaban J connectivity index is 0.00000149. The maximum absolute atomic E-state index is 13.5. The second-order valence-electron chi connectivity index (χ2n) is 9.48. The zero-order valence-corrected chi connectivity index (χ0v) is 21.5. The third-order valence-electron chi connectivity index (χ3n) is 6.12. The lowest BCUT2D eigenvalue weighted by atomic mass is 9.85. The van der Waals surface area contributed by atoms with Gasteiger partial charge in [-0.05, 0) is 51.7 Å². The second-order valence-corrected chi connectivity index (χ2v) is 10.6. The molecule has 1 saturated heterocycles. The molecule has 1 unspecified atom stereocenters. The van der Waals surface area contributed by atoms with Crippen LogP contribution in [0.1, 0.15) is 68.6 Å². The summed E-state index contributed by atoms with van der Waals surface area (Å²) in [7, 11) is 0. The van der Waals surface area contributed by atoms with Crippen molar-refractivity contribution in [1.29, 1.82) is 0 Å². The number of ether oxygens (including phenoxy) is 1. The summed E-state index contributed by atoms with van der Waals surface area (Å²) in [5, 5.41) is 12.6. The molecule has 2 aliphatic rings. The van der Waals surface area contributed by atoms with Crippen LogP contribution in [0.5, 0.6) is 0 Å². The summed E-state index contributed by atoms with van der Waals surface area (Å²) in [6.45, 7) is 12.8. The van der Waals surface area contributed by atoms with E-state index in [1.54, 1.807) is 30.7 Å². The number of likely N-dealkylation sites (tertiary alicyclic amines) is 1. The Morgan fingerprint density at radius 2 is 1.94 bits per heavy atom. The van der Waals surface area contributed by atoms with Crippen molar-refractivity contribution in [3.63, 3.8) is 0 Å². The van der Waals surface area contributed by atoms with E-state index in [2.05, 4.69) is 26.3 Å².